The van der Waals surface area contributed by atoms with Crippen molar-refractivity contribution in [3.8, 4) is 0 Å². The van der Waals surface area contributed by atoms with Crippen LogP contribution in [0.5, 0.6) is 0 Å². The molecule has 2 bridgehead atoms. The Hall–Kier alpha value is -0.730. The summed E-state index contributed by atoms with van der Waals surface area (Å²) in [6, 6.07) is 0. The molecule has 0 unspecified atom stereocenters. The highest BCUT2D eigenvalue weighted by atomic mass is 15.1. The summed E-state index contributed by atoms with van der Waals surface area (Å²) in [5.41, 5.74) is 6.39. The molecule has 0 heterocycles. The Morgan fingerprint density at radius 2 is 2.12 bits per heavy atom. The third-order valence-electron chi connectivity index (χ3n) is 4.16. The third kappa shape index (κ3) is 2.69. The van der Waals surface area contributed by atoms with Crippen LogP contribution in [-0.4, -0.2) is 19.0 Å². The molecule has 2 rings (SSSR count). The van der Waals surface area contributed by atoms with Gasteiger partial charge in [0.25, 0.3) is 0 Å². The third-order valence-corrected chi connectivity index (χ3v) is 4.16. The van der Waals surface area contributed by atoms with E-state index in [2.05, 4.69) is 24.2 Å². The van der Waals surface area contributed by atoms with E-state index in [0.29, 0.717) is 17.3 Å². The Bertz CT molecular complexity index is 262. The first kappa shape index (κ1) is 11.7. The topological polar surface area (TPSA) is 50.4 Å². The maximum absolute atomic E-state index is 5.87. The fourth-order valence-electron chi connectivity index (χ4n) is 3.15. The van der Waals surface area contributed by atoms with Gasteiger partial charge in [-0.3, -0.25) is 4.99 Å². The molecule has 16 heavy (non-hydrogen) atoms. The van der Waals surface area contributed by atoms with Crippen LogP contribution in [0.15, 0.2) is 4.99 Å². The summed E-state index contributed by atoms with van der Waals surface area (Å²) in [5.74, 6) is 2.26. The highest BCUT2D eigenvalue weighted by Crippen LogP contribution is 2.54. The largest absolute Gasteiger partial charge is 0.370 e. The van der Waals surface area contributed by atoms with Gasteiger partial charge in [-0.1, -0.05) is 13.8 Å². The summed E-state index contributed by atoms with van der Waals surface area (Å²) in [6.07, 6.45) is 6.99. The first-order valence-electron chi connectivity index (χ1n) is 6.63. The molecule has 0 aliphatic heterocycles. The molecule has 0 spiro atoms. The summed E-state index contributed by atoms with van der Waals surface area (Å²) in [6.45, 7) is 6.22. The van der Waals surface area contributed by atoms with E-state index in [4.69, 9.17) is 5.73 Å². The lowest BCUT2D eigenvalue weighted by molar-refractivity contribution is 0.307. The molecule has 0 aromatic heterocycles. The van der Waals surface area contributed by atoms with Crippen LogP contribution in [0.2, 0.25) is 0 Å². The van der Waals surface area contributed by atoms with Crippen LogP contribution in [-0.2, 0) is 0 Å². The van der Waals surface area contributed by atoms with Crippen molar-refractivity contribution < 1.29 is 0 Å². The summed E-state index contributed by atoms with van der Waals surface area (Å²) < 4.78 is 0. The van der Waals surface area contributed by atoms with Crippen molar-refractivity contribution in [2.24, 2.45) is 28.0 Å². The van der Waals surface area contributed by atoms with Gasteiger partial charge in [0, 0.05) is 13.1 Å². The van der Waals surface area contributed by atoms with Crippen LogP contribution < -0.4 is 11.1 Å². The molecule has 3 nitrogen and oxygen atoms in total. The maximum atomic E-state index is 5.87. The molecule has 3 N–H and O–H groups in total. The van der Waals surface area contributed by atoms with Gasteiger partial charge >= 0.3 is 0 Å². The highest BCUT2D eigenvalue weighted by Gasteiger charge is 2.44. The number of hydrogen-bond donors (Lipinski definition) is 2. The van der Waals surface area contributed by atoms with Crippen molar-refractivity contribution in [2.45, 2.75) is 46.0 Å². The monoisotopic (exact) mass is 223 g/mol. The number of guanidine groups is 1. The van der Waals surface area contributed by atoms with Gasteiger partial charge in [-0.15, -0.1) is 0 Å². The van der Waals surface area contributed by atoms with Crippen molar-refractivity contribution in [1.82, 2.24) is 5.32 Å². The average molecular weight is 223 g/mol. The van der Waals surface area contributed by atoms with Crippen molar-refractivity contribution in [3.05, 3.63) is 0 Å². The van der Waals surface area contributed by atoms with Gasteiger partial charge in [0.05, 0.1) is 0 Å². The minimum atomic E-state index is 0.523. The molecular formula is C13H25N3. The second kappa shape index (κ2) is 4.64. The van der Waals surface area contributed by atoms with E-state index in [1.165, 1.54) is 32.1 Å². The number of aliphatic imine (C=N–C) groups is 1. The summed E-state index contributed by atoms with van der Waals surface area (Å²) in [5, 5.41) is 3.19. The maximum Gasteiger partial charge on any atom is 0.188 e. The fraction of sp³-hybridized carbons (Fsp3) is 0.923. The Morgan fingerprint density at radius 1 is 1.44 bits per heavy atom. The predicted molar refractivity (Wildman–Crippen MR) is 68.3 cm³/mol. The molecule has 0 aromatic carbocycles. The van der Waals surface area contributed by atoms with E-state index in [0.717, 1.165) is 19.0 Å². The zero-order valence-corrected chi connectivity index (χ0v) is 10.6. The van der Waals surface area contributed by atoms with Crippen molar-refractivity contribution in [1.29, 1.82) is 0 Å². The first-order valence-corrected chi connectivity index (χ1v) is 6.63. The summed E-state index contributed by atoms with van der Waals surface area (Å²) in [4.78, 5) is 4.53. The zero-order valence-electron chi connectivity index (χ0n) is 10.6. The van der Waals surface area contributed by atoms with E-state index in [-0.39, 0.29) is 0 Å². The van der Waals surface area contributed by atoms with E-state index in [9.17, 15) is 0 Å². The quantitative estimate of drug-likeness (QED) is 0.566. The number of rotatable bonds is 4. The zero-order chi connectivity index (χ0) is 11.6. The second-order valence-corrected chi connectivity index (χ2v) is 6.12. The van der Waals surface area contributed by atoms with Gasteiger partial charge in [0.2, 0.25) is 0 Å². The van der Waals surface area contributed by atoms with Crippen molar-refractivity contribution in [2.75, 3.05) is 13.1 Å². The molecule has 2 aliphatic rings. The van der Waals surface area contributed by atoms with Gasteiger partial charge in [0.15, 0.2) is 5.96 Å². The van der Waals surface area contributed by atoms with Gasteiger partial charge in [0.1, 0.15) is 0 Å². The molecule has 2 aliphatic carbocycles. The van der Waals surface area contributed by atoms with Gasteiger partial charge < -0.3 is 11.1 Å². The first-order chi connectivity index (χ1) is 7.60. The van der Waals surface area contributed by atoms with E-state index >= 15 is 0 Å². The number of fused-ring (bicyclic) bond motifs is 2. The Balaban J connectivity index is 1.79. The Labute approximate surface area is 98.9 Å². The molecule has 0 atom stereocenters. The average Bonchev–Trinajstić information content (AvgIpc) is 2.84. The van der Waals surface area contributed by atoms with Crippen LogP contribution in [0.4, 0.5) is 0 Å². The smallest absolute Gasteiger partial charge is 0.188 e. The standard InChI is InChI=1S/C13H25N3/c1-10(2)8-15-12(14)16-9-13-5-3-11(7-13)4-6-13/h10-11H,3-9H2,1-2H3,(H3,14,15,16). The minimum absolute atomic E-state index is 0.523. The molecule has 3 heteroatoms. The summed E-state index contributed by atoms with van der Waals surface area (Å²) in [7, 11) is 0. The molecular weight excluding hydrogens is 198 g/mol. The van der Waals surface area contributed by atoms with Crippen molar-refractivity contribution in [3.63, 3.8) is 0 Å². The van der Waals surface area contributed by atoms with Gasteiger partial charge in [-0.2, -0.15) is 0 Å². The SMILES string of the molecule is CC(C)CNC(N)=NCC12CCC(CC1)C2. The fourth-order valence-corrected chi connectivity index (χ4v) is 3.15. The van der Waals surface area contributed by atoms with E-state index in [1.54, 1.807) is 0 Å². The molecule has 2 fully saturated rings. The number of hydrogen-bond acceptors (Lipinski definition) is 1. The van der Waals surface area contributed by atoms with Crippen LogP contribution >= 0.6 is 0 Å². The van der Waals surface area contributed by atoms with Crippen LogP contribution in [0, 0.1) is 17.3 Å². The summed E-state index contributed by atoms with van der Waals surface area (Å²) >= 11 is 0. The van der Waals surface area contributed by atoms with Crippen LogP contribution in [0.3, 0.4) is 0 Å². The second-order valence-electron chi connectivity index (χ2n) is 6.12. The molecule has 0 radical (unpaired) electrons. The normalized spacial score (nSPS) is 33.7. The van der Waals surface area contributed by atoms with Crippen LogP contribution in [0.25, 0.3) is 0 Å². The lowest BCUT2D eigenvalue weighted by atomic mass is 9.84. The molecule has 0 saturated heterocycles. The van der Waals surface area contributed by atoms with Crippen LogP contribution in [0.1, 0.15) is 46.0 Å². The number of nitrogens with two attached hydrogens (primary N) is 1. The molecule has 0 aromatic rings. The van der Waals surface area contributed by atoms with E-state index < -0.39 is 0 Å². The lowest BCUT2D eigenvalue weighted by Crippen LogP contribution is -2.35. The highest BCUT2D eigenvalue weighted by molar-refractivity contribution is 5.77. The molecule has 2 saturated carbocycles. The lowest BCUT2D eigenvalue weighted by Gasteiger charge is -2.24. The number of nitrogens with zero attached hydrogens (tertiary/aromatic N) is 1. The Morgan fingerprint density at radius 3 is 2.62 bits per heavy atom. The minimum Gasteiger partial charge on any atom is -0.370 e. The molecule has 0 amide bonds. The van der Waals surface area contributed by atoms with Crippen molar-refractivity contribution >= 4 is 5.96 Å². The predicted octanol–water partition coefficient (Wildman–Crippen LogP) is 2.13. The van der Waals surface area contributed by atoms with Gasteiger partial charge in [-0.25, -0.2) is 0 Å². The Kier molecular flexibility index (Phi) is 3.41. The molecule has 92 valence electrons. The van der Waals surface area contributed by atoms with E-state index in [1.807, 2.05) is 0 Å². The number of nitrogens with one attached hydrogen (secondary N) is 1. The van der Waals surface area contributed by atoms with Gasteiger partial charge in [-0.05, 0) is 49.4 Å².